The van der Waals surface area contributed by atoms with E-state index < -0.39 is 47.9 Å². The van der Waals surface area contributed by atoms with Gasteiger partial charge in [0.2, 0.25) is 0 Å². The molecule has 27 heavy (non-hydrogen) atoms. The van der Waals surface area contributed by atoms with Crippen LogP contribution in [-0.4, -0.2) is 47.9 Å². The van der Waals surface area contributed by atoms with E-state index in [0.717, 1.165) is 6.92 Å². The molecule has 6 atom stereocenters. The molecule has 0 saturated carbocycles. The van der Waals surface area contributed by atoms with E-state index in [1.54, 1.807) is 13.8 Å². The molecule has 0 radical (unpaired) electrons. The van der Waals surface area contributed by atoms with Gasteiger partial charge in [-0.3, -0.25) is 19.2 Å². The predicted molar refractivity (Wildman–Crippen MR) is 92.9 cm³/mol. The quantitative estimate of drug-likeness (QED) is 0.507. The standard InChI is InChI=1S/C18H29NO8/c1-7-14(24-11(4)20)9(2)16-10(3)15(25-12(5)21)8-18(27-16,17(19)23)26-13(6)22/h9-10,14-16H,7-8H2,1-6H3,(H2,19,23)/t9?,10-,14?,15-,16?,18+/m1/s1. The van der Waals surface area contributed by atoms with Gasteiger partial charge in [0.05, 0.1) is 12.5 Å². The van der Waals surface area contributed by atoms with Crippen molar-refractivity contribution >= 4 is 23.8 Å². The minimum atomic E-state index is -2.06. The van der Waals surface area contributed by atoms with E-state index in [-0.39, 0.29) is 18.3 Å². The third-order valence-electron chi connectivity index (χ3n) is 4.73. The Morgan fingerprint density at radius 1 is 1.15 bits per heavy atom. The summed E-state index contributed by atoms with van der Waals surface area (Å²) in [6.45, 7) is 9.08. The zero-order valence-corrected chi connectivity index (χ0v) is 16.6. The molecule has 1 fully saturated rings. The number of ether oxygens (including phenoxy) is 4. The lowest BCUT2D eigenvalue weighted by atomic mass is 9.80. The summed E-state index contributed by atoms with van der Waals surface area (Å²) in [5, 5.41) is 0. The van der Waals surface area contributed by atoms with Crippen molar-refractivity contribution in [1.82, 2.24) is 0 Å². The Balaban J connectivity index is 3.29. The number of rotatable bonds is 7. The maximum atomic E-state index is 12.1. The van der Waals surface area contributed by atoms with Gasteiger partial charge in [0.15, 0.2) is 0 Å². The zero-order valence-electron chi connectivity index (χ0n) is 16.6. The molecule has 1 heterocycles. The van der Waals surface area contributed by atoms with Crippen LogP contribution in [0.4, 0.5) is 0 Å². The normalized spacial score (nSPS) is 29.9. The van der Waals surface area contributed by atoms with Gasteiger partial charge in [-0.05, 0) is 6.42 Å². The van der Waals surface area contributed by atoms with Gasteiger partial charge in [-0.15, -0.1) is 0 Å². The molecule has 2 N–H and O–H groups in total. The van der Waals surface area contributed by atoms with Gasteiger partial charge in [0.1, 0.15) is 12.2 Å². The maximum Gasteiger partial charge on any atom is 0.305 e. The van der Waals surface area contributed by atoms with Gasteiger partial charge in [0.25, 0.3) is 11.7 Å². The number of hydrogen-bond donors (Lipinski definition) is 1. The maximum absolute atomic E-state index is 12.1. The summed E-state index contributed by atoms with van der Waals surface area (Å²) in [7, 11) is 0. The second kappa shape index (κ2) is 9.16. The molecule has 1 saturated heterocycles. The highest BCUT2D eigenvalue weighted by Crippen LogP contribution is 2.40. The molecule has 0 aromatic heterocycles. The minimum Gasteiger partial charge on any atom is -0.462 e. The van der Waals surface area contributed by atoms with Crippen molar-refractivity contribution in [1.29, 1.82) is 0 Å². The number of hydrogen-bond acceptors (Lipinski definition) is 8. The molecule has 1 amide bonds. The highest BCUT2D eigenvalue weighted by molar-refractivity contribution is 5.85. The summed E-state index contributed by atoms with van der Waals surface area (Å²) in [4.78, 5) is 46.6. The van der Waals surface area contributed by atoms with E-state index in [1.807, 2.05) is 6.92 Å². The van der Waals surface area contributed by atoms with Gasteiger partial charge < -0.3 is 24.7 Å². The van der Waals surface area contributed by atoms with Crippen molar-refractivity contribution in [3.05, 3.63) is 0 Å². The van der Waals surface area contributed by atoms with E-state index in [1.165, 1.54) is 13.8 Å². The van der Waals surface area contributed by atoms with Crippen molar-refractivity contribution in [3.63, 3.8) is 0 Å². The van der Waals surface area contributed by atoms with Gasteiger partial charge >= 0.3 is 17.9 Å². The highest BCUT2D eigenvalue weighted by atomic mass is 16.7. The summed E-state index contributed by atoms with van der Waals surface area (Å²) in [5.74, 6) is -5.57. The number of nitrogens with two attached hydrogens (primary N) is 1. The fourth-order valence-corrected chi connectivity index (χ4v) is 3.48. The van der Waals surface area contributed by atoms with Gasteiger partial charge in [-0.25, -0.2) is 0 Å². The van der Waals surface area contributed by atoms with Crippen LogP contribution in [0, 0.1) is 11.8 Å². The molecular weight excluding hydrogens is 358 g/mol. The highest BCUT2D eigenvalue weighted by Gasteiger charge is 2.55. The van der Waals surface area contributed by atoms with Crippen molar-refractivity contribution in [2.24, 2.45) is 17.6 Å². The largest absolute Gasteiger partial charge is 0.462 e. The first-order valence-corrected chi connectivity index (χ1v) is 8.95. The molecule has 1 aliphatic rings. The second-order valence-corrected chi connectivity index (χ2v) is 6.92. The number of primary amides is 1. The number of amides is 1. The lowest BCUT2D eigenvalue weighted by Gasteiger charge is -2.47. The molecule has 9 heteroatoms. The van der Waals surface area contributed by atoms with E-state index in [2.05, 4.69) is 0 Å². The Morgan fingerprint density at radius 3 is 2.15 bits per heavy atom. The lowest BCUT2D eigenvalue weighted by Crippen LogP contribution is -2.62. The zero-order chi connectivity index (χ0) is 20.9. The van der Waals surface area contributed by atoms with Crippen LogP contribution >= 0.6 is 0 Å². The molecule has 0 aromatic rings. The molecule has 154 valence electrons. The Morgan fingerprint density at radius 2 is 1.74 bits per heavy atom. The summed E-state index contributed by atoms with van der Waals surface area (Å²) in [6.07, 6.45) is -1.71. The molecule has 9 nitrogen and oxygen atoms in total. The fourth-order valence-electron chi connectivity index (χ4n) is 3.48. The van der Waals surface area contributed by atoms with Crippen molar-refractivity contribution in [3.8, 4) is 0 Å². The fraction of sp³-hybridized carbons (Fsp3) is 0.778. The Labute approximate surface area is 158 Å². The topological polar surface area (TPSA) is 131 Å². The Bertz CT molecular complexity index is 592. The molecule has 1 rings (SSSR count). The van der Waals surface area contributed by atoms with E-state index >= 15 is 0 Å². The van der Waals surface area contributed by atoms with E-state index in [9.17, 15) is 19.2 Å². The molecule has 3 unspecified atom stereocenters. The molecule has 0 aliphatic carbocycles. The van der Waals surface area contributed by atoms with Crippen molar-refractivity contribution in [2.45, 2.75) is 78.5 Å². The van der Waals surface area contributed by atoms with Crippen LogP contribution < -0.4 is 5.73 Å². The minimum absolute atomic E-state index is 0.212. The summed E-state index contributed by atoms with van der Waals surface area (Å²) >= 11 is 0. The van der Waals surface area contributed by atoms with E-state index in [0.29, 0.717) is 6.42 Å². The Hall–Kier alpha value is -2.16. The summed E-state index contributed by atoms with van der Waals surface area (Å²) < 4.78 is 21.7. The predicted octanol–water partition coefficient (Wildman–Crippen LogP) is 1.07. The van der Waals surface area contributed by atoms with Gasteiger partial charge in [0, 0.05) is 32.6 Å². The van der Waals surface area contributed by atoms with Gasteiger partial charge in [-0.1, -0.05) is 20.8 Å². The number of esters is 3. The number of carbonyl (C=O) groups excluding carboxylic acids is 4. The van der Waals surface area contributed by atoms with E-state index in [4.69, 9.17) is 24.7 Å². The molecule has 0 spiro atoms. The van der Waals surface area contributed by atoms with Crippen LogP contribution in [0.25, 0.3) is 0 Å². The van der Waals surface area contributed by atoms with Crippen molar-refractivity contribution in [2.75, 3.05) is 0 Å². The first-order valence-electron chi connectivity index (χ1n) is 8.95. The van der Waals surface area contributed by atoms with Crippen LogP contribution in [0.15, 0.2) is 0 Å². The van der Waals surface area contributed by atoms with Crippen molar-refractivity contribution < 1.29 is 38.1 Å². The molecule has 0 aromatic carbocycles. The molecular formula is C18H29NO8. The SMILES string of the molecule is CCC(OC(C)=O)C(C)C1O[C@](OC(C)=O)(C(N)=O)C[C@@H](OC(C)=O)[C@H]1C. The Kier molecular flexibility index (Phi) is 7.77. The van der Waals surface area contributed by atoms with Crippen LogP contribution in [-0.2, 0) is 38.1 Å². The smallest absolute Gasteiger partial charge is 0.305 e. The van der Waals surface area contributed by atoms with Crippen LogP contribution in [0.3, 0.4) is 0 Å². The van der Waals surface area contributed by atoms with Gasteiger partial charge in [-0.2, -0.15) is 0 Å². The molecule has 1 aliphatic heterocycles. The average Bonchev–Trinajstić information content (AvgIpc) is 2.53. The second-order valence-electron chi connectivity index (χ2n) is 6.92. The average molecular weight is 387 g/mol. The molecule has 0 bridgehead atoms. The van der Waals surface area contributed by atoms with Crippen LogP contribution in [0.2, 0.25) is 0 Å². The van der Waals surface area contributed by atoms with Crippen LogP contribution in [0.5, 0.6) is 0 Å². The monoisotopic (exact) mass is 387 g/mol. The third-order valence-corrected chi connectivity index (χ3v) is 4.73. The third kappa shape index (κ3) is 5.66. The lowest BCUT2D eigenvalue weighted by molar-refractivity contribution is -0.292. The first-order chi connectivity index (χ1) is 12.4. The number of carbonyl (C=O) groups is 4. The summed E-state index contributed by atoms with van der Waals surface area (Å²) in [6, 6.07) is 0. The van der Waals surface area contributed by atoms with Crippen LogP contribution in [0.1, 0.15) is 54.4 Å². The first kappa shape index (κ1) is 22.9. The summed E-state index contributed by atoms with van der Waals surface area (Å²) in [5.41, 5.74) is 5.47.